The molecule has 0 unspecified atom stereocenters. The molecule has 0 radical (unpaired) electrons. The van der Waals surface area contributed by atoms with Gasteiger partial charge in [-0.15, -0.1) is 11.6 Å². The van der Waals surface area contributed by atoms with Gasteiger partial charge in [-0.3, -0.25) is 0 Å². The lowest BCUT2D eigenvalue weighted by Crippen LogP contribution is -2.39. The van der Waals surface area contributed by atoms with Gasteiger partial charge < -0.3 is 8.85 Å². The van der Waals surface area contributed by atoms with Gasteiger partial charge in [-0.05, 0) is 44.0 Å². The predicted octanol–water partition coefficient (Wildman–Crippen LogP) is 4.11. The molecule has 0 saturated carbocycles. The van der Waals surface area contributed by atoms with E-state index in [2.05, 4.69) is 30.8 Å². The molecule has 0 N–H and O–H groups in total. The lowest BCUT2D eigenvalue weighted by Gasteiger charge is -2.25. The molecule has 0 fully saturated rings. The first-order chi connectivity index (χ1) is 8.63. The molecule has 2 nitrogen and oxygen atoms in total. The van der Waals surface area contributed by atoms with E-state index in [4.69, 9.17) is 20.5 Å². The Morgan fingerprint density at radius 2 is 1.50 bits per heavy atom. The molecule has 1 aromatic carbocycles. The highest BCUT2D eigenvalue weighted by Gasteiger charge is 2.30. The van der Waals surface area contributed by atoms with Crippen LogP contribution in [0.1, 0.15) is 25.0 Å². The summed E-state index contributed by atoms with van der Waals surface area (Å²) in [6, 6.07) is 9.45. The van der Waals surface area contributed by atoms with Crippen molar-refractivity contribution in [3.05, 3.63) is 35.4 Å². The molecular weight excluding hydrogens is 264 g/mol. The van der Waals surface area contributed by atoms with Crippen LogP contribution in [0.25, 0.3) is 0 Å². The van der Waals surface area contributed by atoms with Crippen molar-refractivity contribution < 1.29 is 8.85 Å². The van der Waals surface area contributed by atoms with E-state index in [0.717, 1.165) is 31.2 Å². The lowest BCUT2D eigenvalue weighted by molar-refractivity contribution is 0.189. The molecule has 1 rings (SSSR count). The Bertz CT molecular complexity index is 334. The summed E-state index contributed by atoms with van der Waals surface area (Å²) in [5, 5.41) is 0. The Morgan fingerprint density at radius 1 is 1.00 bits per heavy atom. The first kappa shape index (κ1) is 15.7. The normalized spacial score (nSPS) is 11.8. The molecule has 1 aromatic rings. The molecule has 0 atom stereocenters. The maximum atomic E-state index is 5.83. The highest BCUT2D eigenvalue weighted by molar-refractivity contribution is 6.66. The summed E-state index contributed by atoms with van der Waals surface area (Å²) in [6.45, 7) is 7.66. The van der Waals surface area contributed by atoms with Crippen LogP contribution in [-0.4, -0.2) is 21.8 Å². The number of hydrogen-bond acceptors (Lipinski definition) is 2. The Balaban J connectivity index is 2.55. The quantitative estimate of drug-likeness (QED) is 0.529. The van der Waals surface area contributed by atoms with Gasteiger partial charge in [-0.25, -0.2) is 0 Å². The van der Waals surface area contributed by atoms with Gasteiger partial charge in [0.25, 0.3) is 0 Å². The second-order valence-corrected chi connectivity index (χ2v) is 8.06. The maximum absolute atomic E-state index is 5.83. The lowest BCUT2D eigenvalue weighted by atomic mass is 10.1. The smallest absolute Gasteiger partial charge is 0.335 e. The van der Waals surface area contributed by atoms with E-state index in [1.165, 1.54) is 5.56 Å². The summed E-state index contributed by atoms with van der Waals surface area (Å²) in [5.41, 5.74) is 2.48. The molecule has 0 heterocycles. The maximum Gasteiger partial charge on any atom is 0.335 e. The standard InChI is InChI=1S/C14H23ClO2Si/c1-4-16-18(3,17-5-2)11-10-13-6-8-14(12-15)9-7-13/h6-9H,4-5,10-12H2,1-3H3. The molecule has 0 aliphatic heterocycles. The van der Waals surface area contributed by atoms with E-state index in [9.17, 15) is 0 Å². The monoisotopic (exact) mass is 286 g/mol. The third-order valence-electron chi connectivity index (χ3n) is 2.94. The van der Waals surface area contributed by atoms with Gasteiger partial charge in [-0.1, -0.05) is 24.3 Å². The Morgan fingerprint density at radius 3 is 1.94 bits per heavy atom. The molecule has 0 aromatic heterocycles. The van der Waals surface area contributed by atoms with Crippen LogP contribution >= 0.6 is 11.6 Å². The number of halogens is 1. The molecule has 4 heteroatoms. The van der Waals surface area contributed by atoms with Crippen molar-refractivity contribution in [1.29, 1.82) is 0 Å². The molecule has 0 bridgehead atoms. The fraction of sp³-hybridized carbons (Fsp3) is 0.571. The van der Waals surface area contributed by atoms with Crippen LogP contribution in [0.15, 0.2) is 24.3 Å². The molecule has 0 spiro atoms. The third-order valence-corrected chi connectivity index (χ3v) is 6.21. The van der Waals surface area contributed by atoms with Crippen LogP contribution in [0.3, 0.4) is 0 Å². The largest absolute Gasteiger partial charge is 0.395 e. The number of aryl methyl sites for hydroxylation is 1. The number of hydrogen-bond donors (Lipinski definition) is 0. The van der Waals surface area contributed by atoms with Crippen molar-refractivity contribution in [2.45, 2.75) is 38.7 Å². The van der Waals surface area contributed by atoms with E-state index >= 15 is 0 Å². The van der Waals surface area contributed by atoms with Gasteiger partial charge in [0.1, 0.15) is 0 Å². The topological polar surface area (TPSA) is 18.5 Å². The first-order valence-electron chi connectivity index (χ1n) is 6.55. The first-order valence-corrected chi connectivity index (χ1v) is 9.61. The summed E-state index contributed by atoms with van der Waals surface area (Å²) in [5.74, 6) is 0.574. The van der Waals surface area contributed by atoms with Crippen LogP contribution in [0.5, 0.6) is 0 Å². The minimum atomic E-state index is -1.98. The van der Waals surface area contributed by atoms with Crippen molar-refractivity contribution in [3.8, 4) is 0 Å². The Hall–Kier alpha value is -0.353. The molecule has 0 saturated heterocycles. The molecule has 18 heavy (non-hydrogen) atoms. The van der Waals surface area contributed by atoms with Crippen LogP contribution in [0, 0.1) is 0 Å². The van der Waals surface area contributed by atoms with Crippen LogP contribution in [0.2, 0.25) is 12.6 Å². The van der Waals surface area contributed by atoms with Crippen LogP contribution in [-0.2, 0) is 21.2 Å². The highest BCUT2D eigenvalue weighted by Crippen LogP contribution is 2.18. The SMILES string of the molecule is CCO[Si](C)(CCc1ccc(CCl)cc1)OCC. The summed E-state index contributed by atoms with van der Waals surface area (Å²) >= 11 is 5.78. The van der Waals surface area contributed by atoms with Crippen molar-refractivity contribution in [2.75, 3.05) is 13.2 Å². The zero-order valence-electron chi connectivity index (χ0n) is 11.5. The molecule has 102 valence electrons. The van der Waals surface area contributed by atoms with Gasteiger partial charge in [-0.2, -0.15) is 0 Å². The van der Waals surface area contributed by atoms with Gasteiger partial charge in [0.2, 0.25) is 0 Å². The van der Waals surface area contributed by atoms with Crippen LogP contribution < -0.4 is 0 Å². The molecular formula is C14H23ClO2Si. The fourth-order valence-corrected chi connectivity index (χ4v) is 4.48. The second-order valence-electron chi connectivity index (χ2n) is 4.45. The van der Waals surface area contributed by atoms with Crippen LogP contribution in [0.4, 0.5) is 0 Å². The summed E-state index contributed by atoms with van der Waals surface area (Å²) in [6.07, 6.45) is 1.01. The highest BCUT2D eigenvalue weighted by atomic mass is 35.5. The minimum absolute atomic E-state index is 0.574. The van der Waals surface area contributed by atoms with E-state index in [-0.39, 0.29) is 0 Å². The average molecular weight is 287 g/mol. The zero-order chi connectivity index (χ0) is 13.4. The van der Waals surface area contributed by atoms with Gasteiger partial charge >= 0.3 is 8.56 Å². The van der Waals surface area contributed by atoms with Gasteiger partial charge in [0.05, 0.1) is 0 Å². The second kappa shape index (κ2) is 7.95. The zero-order valence-corrected chi connectivity index (χ0v) is 13.3. The Labute approximate surface area is 117 Å². The van der Waals surface area contributed by atoms with Crippen molar-refractivity contribution in [1.82, 2.24) is 0 Å². The molecule has 0 aliphatic rings. The predicted molar refractivity (Wildman–Crippen MR) is 79.4 cm³/mol. The van der Waals surface area contributed by atoms with Crippen molar-refractivity contribution in [3.63, 3.8) is 0 Å². The molecule has 0 amide bonds. The number of benzene rings is 1. The third kappa shape index (κ3) is 5.10. The summed E-state index contributed by atoms with van der Waals surface area (Å²) in [4.78, 5) is 0. The van der Waals surface area contributed by atoms with Gasteiger partial charge in [0, 0.05) is 19.1 Å². The van der Waals surface area contributed by atoms with E-state index in [0.29, 0.717) is 5.88 Å². The number of rotatable bonds is 8. The van der Waals surface area contributed by atoms with E-state index in [1.807, 2.05) is 13.8 Å². The minimum Gasteiger partial charge on any atom is -0.395 e. The Kier molecular flexibility index (Phi) is 6.93. The van der Waals surface area contributed by atoms with E-state index < -0.39 is 8.56 Å². The number of alkyl halides is 1. The molecule has 0 aliphatic carbocycles. The summed E-state index contributed by atoms with van der Waals surface area (Å²) in [7, 11) is -1.98. The van der Waals surface area contributed by atoms with E-state index in [1.54, 1.807) is 0 Å². The average Bonchev–Trinajstić information content (AvgIpc) is 2.38. The fourth-order valence-electron chi connectivity index (χ4n) is 1.96. The van der Waals surface area contributed by atoms with Crippen molar-refractivity contribution in [2.24, 2.45) is 0 Å². The van der Waals surface area contributed by atoms with Crippen molar-refractivity contribution >= 4 is 20.2 Å². The summed E-state index contributed by atoms with van der Waals surface area (Å²) < 4.78 is 11.7. The van der Waals surface area contributed by atoms with Gasteiger partial charge in [0.15, 0.2) is 0 Å².